The molecule has 0 spiro atoms. The molecule has 1 aromatic carbocycles. The van der Waals surface area contributed by atoms with E-state index in [2.05, 4.69) is 20.5 Å². The van der Waals surface area contributed by atoms with Crippen LogP contribution in [0.3, 0.4) is 0 Å². The first-order chi connectivity index (χ1) is 14.5. The van der Waals surface area contributed by atoms with Crippen molar-refractivity contribution in [2.45, 2.75) is 32.3 Å². The molecule has 0 radical (unpaired) electrons. The maximum Gasteiger partial charge on any atom is 0.340 e. The highest BCUT2D eigenvalue weighted by Crippen LogP contribution is 2.32. The van der Waals surface area contributed by atoms with Crippen LogP contribution >= 0.6 is 0 Å². The predicted octanol–water partition coefficient (Wildman–Crippen LogP) is 3.16. The summed E-state index contributed by atoms with van der Waals surface area (Å²) in [5.41, 5.74) is 1.50. The fourth-order valence-electron chi connectivity index (χ4n) is 3.84. The van der Waals surface area contributed by atoms with Crippen LogP contribution in [0.25, 0.3) is 10.9 Å². The van der Waals surface area contributed by atoms with Crippen molar-refractivity contribution in [1.82, 2.24) is 15.2 Å². The van der Waals surface area contributed by atoms with Crippen molar-refractivity contribution < 1.29 is 19.4 Å². The number of aromatic amines is 1. The number of carbonyl (C=O) groups excluding carboxylic acids is 2. The van der Waals surface area contributed by atoms with Gasteiger partial charge in [-0.3, -0.25) is 14.9 Å². The smallest absolute Gasteiger partial charge is 0.340 e. The number of hydrogen-bond acceptors (Lipinski definition) is 6. The van der Waals surface area contributed by atoms with Gasteiger partial charge in [0.15, 0.2) is 0 Å². The molecular formula is C22H24N4O4. The van der Waals surface area contributed by atoms with Crippen molar-refractivity contribution in [3.8, 4) is 0 Å². The Bertz CT molecular complexity index is 1050. The van der Waals surface area contributed by atoms with E-state index < -0.39 is 11.9 Å². The number of ether oxygens (including phenoxy) is 1. The first kappa shape index (κ1) is 20.0. The molecule has 4 rings (SSSR count). The molecule has 30 heavy (non-hydrogen) atoms. The van der Waals surface area contributed by atoms with Crippen molar-refractivity contribution in [3.05, 3.63) is 54.0 Å². The molecule has 2 aromatic heterocycles. The van der Waals surface area contributed by atoms with Crippen LogP contribution in [0.5, 0.6) is 0 Å². The molecule has 3 unspecified atom stereocenters. The van der Waals surface area contributed by atoms with Crippen LogP contribution in [0.1, 0.15) is 47.0 Å². The van der Waals surface area contributed by atoms with Crippen molar-refractivity contribution in [2.75, 3.05) is 11.9 Å². The van der Waals surface area contributed by atoms with Crippen LogP contribution in [0.15, 0.2) is 42.7 Å². The molecule has 0 bridgehead atoms. The number of benzene rings is 1. The minimum absolute atomic E-state index is 0.0895. The molecule has 1 fully saturated rings. The number of pyridine rings is 1. The van der Waals surface area contributed by atoms with Crippen LogP contribution in [0.2, 0.25) is 0 Å². The number of esters is 1. The molecule has 1 amide bonds. The Morgan fingerprint density at radius 2 is 2.17 bits per heavy atom. The summed E-state index contributed by atoms with van der Waals surface area (Å²) in [6.45, 7) is 2.14. The van der Waals surface area contributed by atoms with E-state index in [1.54, 1.807) is 36.5 Å². The standard InChI is InChI=1S/C22H24N4O4/c1-13-5-6-14(12-27)8-20(13)30-22(29)16-10-18-15(11-24-26-18)9-19(16)25-21(28)17-4-2-3-7-23-17/h2-4,7,9-11,13-14,20,27H,5-6,8,12H2,1H3,(H,24,26)(H,25,28). The number of nitrogens with zero attached hydrogens (tertiary/aromatic N) is 2. The Hall–Kier alpha value is -3.26. The van der Waals surface area contributed by atoms with Gasteiger partial charge in [0.25, 0.3) is 5.91 Å². The summed E-state index contributed by atoms with van der Waals surface area (Å²) in [4.78, 5) is 29.7. The number of anilines is 1. The normalized spacial score (nSPS) is 21.3. The average molecular weight is 408 g/mol. The number of amides is 1. The summed E-state index contributed by atoms with van der Waals surface area (Å²) < 4.78 is 5.82. The molecule has 2 heterocycles. The minimum atomic E-state index is -0.515. The van der Waals surface area contributed by atoms with Crippen LogP contribution in [-0.4, -0.2) is 44.9 Å². The molecule has 0 saturated heterocycles. The first-order valence-corrected chi connectivity index (χ1v) is 10.1. The van der Waals surface area contributed by atoms with Gasteiger partial charge in [0.1, 0.15) is 11.8 Å². The summed E-state index contributed by atoms with van der Waals surface area (Å²) in [6, 6.07) is 8.37. The molecule has 1 aliphatic carbocycles. The Balaban J connectivity index is 1.61. The van der Waals surface area contributed by atoms with Gasteiger partial charge >= 0.3 is 5.97 Å². The number of aromatic nitrogens is 3. The average Bonchev–Trinajstić information content (AvgIpc) is 3.22. The summed E-state index contributed by atoms with van der Waals surface area (Å²) in [5, 5.41) is 19.9. The third-order valence-electron chi connectivity index (χ3n) is 5.69. The zero-order valence-corrected chi connectivity index (χ0v) is 16.7. The van der Waals surface area contributed by atoms with E-state index in [4.69, 9.17) is 4.74 Å². The second-order valence-electron chi connectivity index (χ2n) is 7.81. The lowest BCUT2D eigenvalue weighted by atomic mass is 9.81. The number of carbonyl (C=O) groups is 2. The number of hydrogen-bond donors (Lipinski definition) is 3. The van der Waals surface area contributed by atoms with E-state index in [0.717, 1.165) is 18.2 Å². The SMILES string of the molecule is CC1CCC(CO)CC1OC(=O)c1cc2[nH]ncc2cc1NC(=O)c1ccccn1. The molecule has 3 N–H and O–H groups in total. The lowest BCUT2D eigenvalue weighted by Crippen LogP contribution is -2.33. The van der Waals surface area contributed by atoms with Gasteiger partial charge in [-0.15, -0.1) is 0 Å². The summed E-state index contributed by atoms with van der Waals surface area (Å²) in [7, 11) is 0. The topological polar surface area (TPSA) is 117 Å². The Labute approximate surface area is 173 Å². The van der Waals surface area contributed by atoms with Gasteiger partial charge in [-0.2, -0.15) is 5.10 Å². The molecule has 3 aromatic rings. The minimum Gasteiger partial charge on any atom is -0.458 e. The molecule has 1 saturated carbocycles. The monoisotopic (exact) mass is 408 g/mol. The number of fused-ring (bicyclic) bond motifs is 1. The summed E-state index contributed by atoms with van der Waals surface area (Å²) in [6.07, 6.45) is 5.33. The number of aliphatic hydroxyl groups is 1. The molecule has 0 aliphatic heterocycles. The van der Waals surface area contributed by atoms with E-state index in [9.17, 15) is 14.7 Å². The van der Waals surface area contributed by atoms with Crippen molar-refractivity contribution in [3.63, 3.8) is 0 Å². The summed E-state index contributed by atoms with van der Waals surface area (Å²) in [5.74, 6) is -0.589. The molecular weight excluding hydrogens is 384 g/mol. The van der Waals surface area contributed by atoms with E-state index in [1.807, 2.05) is 6.92 Å². The second kappa shape index (κ2) is 8.62. The first-order valence-electron chi connectivity index (χ1n) is 10.1. The van der Waals surface area contributed by atoms with E-state index in [1.165, 1.54) is 6.20 Å². The van der Waals surface area contributed by atoms with Gasteiger partial charge in [0, 0.05) is 18.2 Å². The predicted molar refractivity (Wildman–Crippen MR) is 111 cm³/mol. The Kier molecular flexibility index (Phi) is 5.76. The highest BCUT2D eigenvalue weighted by Gasteiger charge is 2.31. The number of nitrogens with one attached hydrogen (secondary N) is 2. The van der Waals surface area contributed by atoms with Crippen LogP contribution in [-0.2, 0) is 4.74 Å². The molecule has 1 aliphatic rings. The molecule has 8 heteroatoms. The van der Waals surface area contributed by atoms with Gasteiger partial charge in [-0.1, -0.05) is 13.0 Å². The quantitative estimate of drug-likeness (QED) is 0.558. The van der Waals surface area contributed by atoms with Crippen LogP contribution in [0, 0.1) is 11.8 Å². The van der Waals surface area contributed by atoms with Crippen molar-refractivity contribution in [1.29, 1.82) is 0 Å². The van der Waals surface area contributed by atoms with Gasteiger partial charge < -0.3 is 15.2 Å². The van der Waals surface area contributed by atoms with E-state index in [-0.39, 0.29) is 35.8 Å². The zero-order valence-electron chi connectivity index (χ0n) is 16.7. The second-order valence-corrected chi connectivity index (χ2v) is 7.81. The zero-order chi connectivity index (χ0) is 21.1. The highest BCUT2D eigenvalue weighted by molar-refractivity contribution is 6.09. The summed E-state index contributed by atoms with van der Waals surface area (Å²) >= 11 is 0. The fourth-order valence-corrected chi connectivity index (χ4v) is 3.84. The van der Waals surface area contributed by atoms with Crippen LogP contribution in [0.4, 0.5) is 5.69 Å². The van der Waals surface area contributed by atoms with E-state index in [0.29, 0.717) is 17.6 Å². The van der Waals surface area contributed by atoms with E-state index >= 15 is 0 Å². The highest BCUT2D eigenvalue weighted by atomic mass is 16.5. The van der Waals surface area contributed by atoms with Gasteiger partial charge in [0.2, 0.25) is 0 Å². The molecule has 3 atom stereocenters. The third kappa shape index (κ3) is 4.18. The van der Waals surface area contributed by atoms with Gasteiger partial charge in [-0.25, -0.2) is 4.79 Å². The Morgan fingerprint density at radius 1 is 1.30 bits per heavy atom. The molecule has 8 nitrogen and oxygen atoms in total. The molecule has 156 valence electrons. The lowest BCUT2D eigenvalue weighted by Gasteiger charge is -2.33. The van der Waals surface area contributed by atoms with Gasteiger partial charge in [-0.05, 0) is 55.4 Å². The third-order valence-corrected chi connectivity index (χ3v) is 5.69. The van der Waals surface area contributed by atoms with Crippen LogP contribution < -0.4 is 5.32 Å². The number of H-pyrrole nitrogens is 1. The fraction of sp³-hybridized carbons (Fsp3) is 0.364. The van der Waals surface area contributed by atoms with Gasteiger partial charge in [0.05, 0.1) is 23.0 Å². The number of aliphatic hydroxyl groups excluding tert-OH is 1. The lowest BCUT2D eigenvalue weighted by molar-refractivity contribution is -0.0107. The largest absolute Gasteiger partial charge is 0.458 e. The Morgan fingerprint density at radius 3 is 2.93 bits per heavy atom. The maximum atomic E-state index is 13.1. The maximum absolute atomic E-state index is 13.1. The van der Waals surface area contributed by atoms with Crippen molar-refractivity contribution >= 4 is 28.5 Å². The van der Waals surface area contributed by atoms with Crippen molar-refractivity contribution in [2.24, 2.45) is 11.8 Å². The number of rotatable bonds is 5.